The standard InChI is InChI=1S/C12H11F2N3/c1-2-8-6-11(17-12(15)16-8)7-3-4-9(13)10(14)5-7/h3-6H,2H2,1H3,(H2,15,16,17). The molecule has 3 nitrogen and oxygen atoms in total. The largest absolute Gasteiger partial charge is 0.368 e. The third kappa shape index (κ3) is 2.38. The zero-order chi connectivity index (χ0) is 12.4. The van der Waals surface area contributed by atoms with Crippen molar-refractivity contribution < 1.29 is 8.78 Å². The van der Waals surface area contributed by atoms with E-state index in [0.29, 0.717) is 17.7 Å². The van der Waals surface area contributed by atoms with Crippen molar-refractivity contribution in [3.05, 3.63) is 41.6 Å². The van der Waals surface area contributed by atoms with Gasteiger partial charge in [-0.3, -0.25) is 0 Å². The number of hydrogen-bond donors (Lipinski definition) is 1. The molecule has 0 spiro atoms. The maximum absolute atomic E-state index is 13.1. The van der Waals surface area contributed by atoms with Crippen LogP contribution < -0.4 is 5.73 Å². The first kappa shape index (κ1) is 11.4. The average molecular weight is 235 g/mol. The first-order valence-corrected chi connectivity index (χ1v) is 5.19. The van der Waals surface area contributed by atoms with Crippen LogP contribution in [0, 0.1) is 11.6 Å². The second kappa shape index (κ2) is 4.45. The van der Waals surface area contributed by atoms with E-state index in [4.69, 9.17) is 5.73 Å². The molecule has 17 heavy (non-hydrogen) atoms. The van der Waals surface area contributed by atoms with Crippen molar-refractivity contribution in [2.75, 3.05) is 5.73 Å². The van der Waals surface area contributed by atoms with Crippen LogP contribution in [0.3, 0.4) is 0 Å². The summed E-state index contributed by atoms with van der Waals surface area (Å²) in [6, 6.07) is 5.33. The number of hydrogen-bond acceptors (Lipinski definition) is 3. The fourth-order valence-corrected chi connectivity index (χ4v) is 1.50. The molecule has 0 saturated carbocycles. The van der Waals surface area contributed by atoms with Crippen molar-refractivity contribution in [2.45, 2.75) is 13.3 Å². The lowest BCUT2D eigenvalue weighted by Gasteiger charge is -2.05. The summed E-state index contributed by atoms with van der Waals surface area (Å²) in [4.78, 5) is 8.02. The third-order valence-corrected chi connectivity index (χ3v) is 2.37. The first-order chi connectivity index (χ1) is 8.10. The lowest BCUT2D eigenvalue weighted by molar-refractivity contribution is 0.509. The van der Waals surface area contributed by atoms with Gasteiger partial charge in [-0.2, -0.15) is 0 Å². The molecule has 2 rings (SSSR count). The van der Waals surface area contributed by atoms with Gasteiger partial charge in [-0.05, 0) is 30.7 Å². The molecule has 5 heteroatoms. The van der Waals surface area contributed by atoms with Crippen molar-refractivity contribution in [3.63, 3.8) is 0 Å². The Labute approximate surface area is 97.3 Å². The summed E-state index contributed by atoms with van der Waals surface area (Å²) in [5.74, 6) is -1.66. The zero-order valence-electron chi connectivity index (χ0n) is 9.24. The van der Waals surface area contributed by atoms with Gasteiger partial charge in [0.15, 0.2) is 11.6 Å². The van der Waals surface area contributed by atoms with Gasteiger partial charge in [0.05, 0.1) is 5.69 Å². The van der Waals surface area contributed by atoms with Gasteiger partial charge in [0, 0.05) is 11.3 Å². The van der Waals surface area contributed by atoms with E-state index in [-0.39, 0.29) is 5.95 Å². The van der Waals surface area contributed by atoms with Gasteiger partial charge < -0.3 is 5.73 Å². The normalized spacial score (nSPS) is 10.5. The van der Waals surface area contributed by atoms with Crippen LogP contribution in [0.5, 0.6) is 0 Å². The van der Waals surface area contributed by atoms with Crippen molar-refractivity contribution >= 4 is 5.95 Å². The molecular formula is C12H11F2N3. The number of nitrogens with two attached hydrogens (primary N) is 1. The van der Waals surface area contributed by atoms with Crippen LogP contribution in [0.4, 0.5) is 14.7 Å². The molecule has 0 aliphatic carbocycles. The monoisotopic (exact) mass is 235 g/mol. The van der Waals surface area contributed by atoms with Crippen LogP contribution in [0.2, 0.25) is 0 Å². The number of anilines is 1. The maximum atomic E-state index is 13.1. The van der Waals surface area contributed by atoms with Crippen LogP contribution >= 0.6 is 0 Å². The van der Waals surface area contributed by atoms with Crippen LogP contribution in [-0.2, 0) is 6.42 Å². The minimum atomic E-state index is -0.905. The fraction of sp³-hybridized carbons (Fsp3) is 0.167. The highest BCUT2D eigenvalue weighted by molar-refractivity contribution is 5.60. The smallest absolute Gasteiger partial charge is 0.220 e. The number of nitrogens with zero attached hydrogens (tertiary/aromatic N) is 2. The van der Waals surface area contributed by atoms with E-state index in [2.05, 4.69) is 9.97 Å². The van der Waals surface area contributed by atoms with E-state index in [9.17, 15) is 8.78 Å². The molecule has 0 fully saturated rings. The molecule has 1 aromatic carbocycles. The molecule has 88 valence electrons. The molecule has 0 aliphatic rings. The quantitative estimate of drug-likeness (QED) is 0.870. The summed E-state index contributed by atoms with van der Waals surface area (Å²) >= 11 is 0. The Morgan fingerprint density at radius 2 is 1.88 bits per heavy atom. The summed E-state index contributed by atoms with van der Waals surface area (Å²) in [5, 5.41) is 0. The Balaban J connectivity index is 2.52. The number of halogens is 2. The van der Waals surface area contributed by atoms with Crippen LogP contribution in [0.25, 0.3) is 11.3 Å². The van der Waals surface area contributed by atoms with Crippen molar-refractivity contribution in [1.29, 1.82) is 0 Å². The predicted octanol–water partition coefficient (Wildman–Crippen LogP) is 2.57. The number of benzene rings is 1. The topological polar surface area (TPSA) is 51.8 Å². The second-order valence-electron chi connectivity index (χ2n) is 3.59. The number of aromatic nitrogens is 2. The molecular weight excluding hydrogens is 224 g/mol. The molecule has 0 aliphatic heterocycles. The number of nitrogen functional groups attached to an aromatic ring is 1. The Morgan fingerprint density at radius 1 is 1.12 bits per heavy atom. The molecule has 0 atom stereocenters. The Kier molecular flexibility index (Phi) is 2.99. The van der Waals surface area contributed by atoms with Gasteiger partial charge >= 0.3 is 0 Å². The van der Waals surface area contributed by atoms with E-state index >= 15 is 0 Å². The Hall–Kier alpha value is -2.04. The lowest BCUT2D eigenvalue weighted by Crippen LogP contribution is -2.00. The van der Waals surface area contributed by atoms with Gasteiger partial charge in [-0.15, -0.1) is 0 Å². The van der Waals surface area contributed by atoms with Crippen molar-refractivity contribution in [3.8, 4) is 11.3 Å². The molecule has 0 bridgehead atoms. The van der Waals surface area contributed by atoms with Crippen LogP contribution in [-0.4, -0.2) is 9.97 Å². The Morgan fingerprint density at radius 3 is 2.53 bits per heavy atom. The van der Waals surface area contributed by atoms with E-state index in [1.165, 1.54) is 6.07 Å². The molecule has 1 heterocycles. The molecule has 2 aromatic rings. The van der Waals surface area contributed by atoms with Crippen LogP contribution in [0.1, 0.15) is 12.6 Å². The average Bonchev–Trinajstić information content (AvgIpc) is 2.32. The maximum Gasteiger partial charge on any atom is 0.220 e. The van der Waals surface area contributed by atoms with Gasteiger partial charge in [0.1, 0.15) is 0 Å². The summed E-state index contributed by atoms with van der Waals surface area (Å²) < 4.78 is 25.9. The summed E-state index contributed by atoms with van der Waals surface area (Å²) in [7, 11) is 0. The highest BCUT2D eigenvalue weighted by atomic mass is 19.2. The SMILES string of the molecule is CCc1cc(-c2ccc(F)c(F)c2)nc(N)n1. The highest BCUT2D eigenvalue weighted by Crippen LogP contribution is 2.21. The van der Waals surface area contributed by atoms with Gasteiger partial charge in [-0.1, -0.05) is 6.92 Å². The first-order valence-electron chi connectivity index (χ1n) is 5.19. The van der Waals surface area contributed by atoms with Gasteiger partial charge in [-0.25, -0.2) is 18.7 Å². The van der Waals surface area contributed by atoms with Crippen molar-refractivity contribution in [2.24, 2.45) is 0 Å². The minimum Gasteiger partial charge on any atom is -0.368 e. The summed E-state index contributed by atoms with van der Waals surface area (Å²) in [6.07, 6.45) is 0.698. The zero-order valence-corrected chi connectivity index (χ0v) is 9.24. The van der Waals surface area contributed by atoms with Gasteiger partial charge in [0.2, 0.25) is 5.95 Å². The Bertz CT molecular complexity index is 555. The summed E-state index contributed by atoms with van der Waals surface area (Å²) in [5.41, 5.74) is 7.28. The van der Waals surface area contributed by atoms with Gasteiger partial charge in [0.25, 0.3) is 0 Å². The molecule has 0 amide bonds. The van der Waals surface area contributed by atoms with E-state index in [0.717, 1.165) is 17.8 Å². The van der Waals surface area contributed by atoms with Crippen LogP contribution in [0.15, 0.2) is 24.3 Å². The third-order valence-electron chi connectivity index (χ3n) is 2.37. The highest BCUT2D eigenvalue weighted by Gasteiger charge is 2.07. The predicted molar refractivity (Wildman–Crippen MR) is 61.2 cm³/mol. The fourth-order valence-electron chi connectivity index (χ4n) is 1.50. The van der Waals surface area contributed by atoms with E-state index in [1.807, 2.05) is 6.92 Å². The number of aryl methyl sites for hydroxylation is 1. The van der Waals surface area contributed by atoms with E-state index in [1.54, 1.807) is 6.07 Å². The number of rotatable bonds is 2. The summed E-state index contributed by atoms with van der Waals surface area (Å²) in [6.45, 7) is 1.93. The molecule has 1 aromatic heterocycles. The molecule has 0 unspecified atom stereocenters. The second-order valence-corrected chi connectivity index (χ2v) is 3.59. The molecule has 0 saturated heterocycles. The lowest BCUT2D eigenvalue weighted by atomic mass is 10.1. The molecule has 2 N–H and O–H groups in total. The van der Waals surface area contributed by atoms with Crippen molar-refractivity contribution in [1.82, 2.24) is 9.97 Å². The minimum absolute atomic E-state index is 0.129. The van der Waals surface area contributed by atoms with E-state index < -0.39 is 11.6 Å². The molecule has 0 radical (unpaired) electrons.